The van der Waals surface area contributed by atoms with Crippen LogP contribution in [0.3, 0.4) is 0 Å². The molecule has 3 atom stereocenters. The zero-order valence-electron chi connectivity index (χ0n) is 35.2. The molecule has 9 nitrogen and oxygen atoms in total. The highest BCUT2D eigenvalue weighted by molar-refractivity contribution is 5.92. The fourth-order valence-electron chi connectivity index (χ4n) is 6.72. The van der Waals surface area contributed by atoms with Crippen molar-refractivity contribution in [1.29, 1.82) is 0 Å². The Kier molecular flexibility index (Phi) is 16.1. The second-order valence-electron chi connectivity index (χ2n) is 16.0. The predicted molar refractivity (Wildman–Crippen MR) is 207 cm³/mol. The summed E-state index contributed by atoms with van der Waals surface area (Å²) in [6.07, 6.45) is -20.6. The van der Waals surface area contributed by atoms with E-state index in [-0.39, 0.29) is 40.0 Å². The van der Waals surface area contributed by atoms with Gasteiger partial charge in [-0.25, -0.2) is 9.59 Å². The van der Waals surface area contributed by atoms with Gasteiger partial charge in [-0.1, -0.05) is 80.6 Å². The SMILES string of the molecule is CC(C)[C@H](NC(=O)[C@H](C)NC(=O)[C@H](C)NC(=O)OCC1c2cc(CCC(F)(F)C(F)(F)C(F)(F)F)ccc2-c2ccc(CCC(F)(F)C(F)(F)C(F)(F)F)cc21)C(=O)OCc1ccccc1. The van der Waals surface area contributed by atoms with Crippen molar-refractivity contribution in [3.05, 3.63) is 94.5 Å². The van der Waals surface area contributed by atoms with Crippen LogP contribution in [-0.4, -0.2) is 84.7 Å². The van der Waals surface area contributed by atoms with Crippen molar-refractivity contribution >= 4 is 23.9 Å². The van der Waals surface area contributed by atoms with Crippen molar-refractivity contribution < 1.29 is 90.1 Å². The van der Waals surface area contributed by atoms with E-state index in [9.17, 15) is 80.6 Å². The van der Waals surface area contributed by atoms with Gasteiger partial charge >= 0.3 is 48.1 Å². The lowest BCUT2D eigenvalue weighted by atomic mass is 9.93. The van der Waals surface area contributed by atoms with E-state index in [1.165, 1.54) is 26.0 Å². The molecule has 0 bridgehead atoms. The number of hydrogen-bond acceptors (Lipinski definition) is 6. The number of fused-ring (bicyclic) bond motifs is 3. The van der Waals surface area contributed by atoms with Gasteiger partial charge < -0.3 is 25.4 Å². The van der Waals surface area contributed by atoms with Crippen LogP contribution in [0.2, 0.25) is 0 Å². The number of benzene rings is 3. The molecule has 23 heteroatoms. The van der Waals surface area contributed by atoms with Crippen LogP contribution in [0, 0.1) is 5.92 Å². The van der Waals surface area contributed by atoms with Gasteiger partial charge in [-0.2, -0.15) is 61.5 Å². The lowest BCUT2D eigenvalue weighted by molar-refractivity contribution is -0.355. The molecule has 0 saturated heterocycles. The molecule has 3 aromatic rings. The third-order valence-electron chi connectivity index (χ3n) is 10.7. The van der Waals surface area contributed by atoms with E-state index in [1.54, 1.807) is 44.2 Å². The summed E-state index contributed by atoms with van der Waals surface area (Å²) in [6, 6.07) is 11.7. The van der Waals surface area contributed by atoms with Crippen LogP contribution in [-0.2, 0) is 43.3 Å². The summed E-state index contributed by atoms with van der Waals surface area (Å²) in [7, 11) is 0. The number of carbonyl (C=O) groups is 4. The van der Waals surface area contributed by atoms with E-state index in [4.69, 9.17) is 9.47 Å². The monoisotopic (exact) mass is 963 g/mol. The molecule has 0 spiro atoms. The van der Waals surface area contributed by atoms with Gasteiger partial charge in [0.15, 0.2) is 0 Å². The highest BCUT2D eigenvalue weighted by Gasteiger charge is 2.73. The number of ether oxygens (including phenoxy) is 2. The number of alkyl carbamates (subject to hydrolysis) is 1. The third kappa shape index (κ3) is 12.0. The van der Waals surface area contributed by atoms with E-state index >= 15 is 0 Å². The van der Waals surface area contributed by atoms with E-state index in [1.807, 2.05) is 0 Å². The largest absolute Gasteiger partial charge is 0.459 e. The van der Waals surface area contributed by atoms with Gasteiger partial charge in [0.05, 0.1) is 0 Å². The molecule has 3 amide bonds. The first-order chi connectivity index (χ1) is 30.3. The Hall–Kier alpha value is -5.64. The quantitative estimate of drug-likeness (QED) is 0.0813. The molecule has 1 aliphatic carbocycles. The summed E-state index contributed by atoms with van der Waals surface area (Å²) in [6.45, 7) is 4.90. The van der Waals surface area contributed by atoms with Crippen LogP contribution >= 0.6 is 0 Å². The van der Waals surface area contributed by atoms with Crippen molar-refractivity contribution in [3.63, 3.8) is 0 Å². The van der Waals surface area contributed by atoms with E-state index in [2.05, 4.69) is 16.0 Å². The maximum Gasteiger partial charge on any atom is 0.459 e. The fraction of sp³-hybridized carbons (Fsp3) is 0.488. The second-order valence-corrected chi connectivity index (χ2v) is 16.0. The Balaban J connectivity index is 1.48. The Labute approximate surface area is 368 Å². The lowest BCUT2D eigenvalue weighted by Crippen LogP contribution is -2.55. The Morgan fingerprint density at radius 1 is 0.561 bits per heavy atom. The molecule has 3 aromatic carbocycles. The zero-order valence-corrected chi connectivity index (χ0v) is 35.2. The van der Waals surface area contributed by atoms with Crippen molar-refractivity contribution in [1.82, 2.24) is 16.0 Å². The zero-order chi connectivity index (χ0) is 49.8. The molecule has 1 aliphatic rings. The molecular formula is C43H43F14N3O6. The minimum atomic E-state index is -6.59. The number of carbonyl (C=O) groups excluding carboxylic acids is 4. The average Bonchev–Trinajstić information content (AvgIpc) is 3.53. The van der Waals surface area contributed by atoms with Gasteiger partial charge in [-0.3, -0.25) is 9.59 Å². The van der Waals surface area contributed by atoms with Gasteiger partial charge in [0.25, 0.3) is 0 Å². The summed E-state index contributed by atoms with van der Waals surface area (Å²) < 4.78 is 198. The second kappa shape index (κ2) is 20.1. The third-order valence-corrected chi connectivity index (χ3v) is 10.7. The van der Waals surface area contributed by atoms with E-state index < -0.39 is 122 Å². The first kappa shape index (κ1) is 53.0. The van der Waals surface area contributed by atoms with Crippen molar-refractivity contribution in [2.45, 2.75) is 120 Å². The highest BCUT2D eigenvalue weighted by atomic mass is 19.4. The summed E-state index contributed by atoms with van der Waals surface area (Å²) in [5.74, 6) is -28.1. The summed E-state index contributed by atoms with van der Waals surface area (Å²) in [4.78, 5) is 51.8. The van der Waals surface area contributed by atoms with Gasteiger partial charge in [0.1, 0.15) is 31.3 Å². The Bertz CT molecular complexity index is 2130. The normalized spacial score (nSPS) is 15.0. The number of alkyl halides is 14. The summed E-state index contributed by atoms with van der Waals surface area (Å²) in [5, 5.41) is 7.02. The smallest absolute Gasteiger partial charge is 0.459 e. The predicted octanol–water partition coefficient (Wildman–Crippen LogP) is 9.83. The first-order valence-corrected chi connectivity index (χ1v) is 20.0. The fourth-order valence-corrected chi connectivity index (χ4v) is 6.72. The summed E-state index contributed by atoms with van der Waals surface area (Å²) in [5.41, 5.74) is 0.847. The van der Waals surface area contributed by atoms with Gasteiger partial charge in [-0.15, -0.1) is 0 Å². The van der Waals surface area contributed by atoms with Crippen LogP contribution in [0.5, 0.6) is 0 Å². The van der Waals surface area contributed by atoms with E-state index in [0.717, 1.165) is 24.3 Å². The van der Waals surface area contributed by atoms with Gasteiger partial charge in [0, 0.05) is 18.8 Å². The van der Waals surface area contributed by atoms with Crippen molar-refractivity contribution in [3.8, 4) is 11.1 Å². The van der Waals surface area contributed by atoms with Crippen LogP contribution in [0.1, 0.15) is 74.3 Å². The van der Waals surface area contributed by atoms with Crippen LogP contribution in [0.25, 0.3) is 11.1 Å². The van der Waals surface area contributed by atoms with E-state index in [0.29, 0.717) is 5.56 Å². The molecule has 0 unspecified atom stereocenters. The maximum atomic E-state index is 14.2. The van der Waals surface area contributed by atoms with Crippen molar-refractivity contribution in [2.24, 2.45) is 5.92 Å². The number of rotatable bonds is 19. The molecule has 364 valence electrons. The molecule has 0 aliphatic heterocycles. The Morgan fingerprint density at radius 3 is 1.44 bits per heavy atom. The lowest BCUT2D eigenvalue weighted by Gasteiger charge is -2.28. The number of hydrogen-bond donors (Lipinski definition) is 3. The maximum absolute atomic E-state index is 14.2. The average molecular weight is 964 g/mol. The van der Waals surface area contributed by atoms with Crippen molar-refractivity contribution in [2.75, 3.05) is 6.61 Å². The van der Waals surface area contributed by atoms with Crippen LogP contribution in [0.15, 0.2) is 66.7 Å². The first-order valence-electron chi connectivity index (χ1n) is 20.0. The molecule has 0 aromatic heterocycles. The topological polar surface area (TPSA) is 123 Å². The Morgan fingerprint density at radius 2 is 1.00 bits per heavy atom. The highest BCUT2D eigenvalue weighted by Crippen LogP contribution is 2.51. The number of amides is 3. The molecular weight excluding hydrogens is 920 g/mol. The standard InChI is InChI=1S/C43H43F14N3O6/c1-22(2)33(36(63)65-20-27-8-6-5-7-9-27)60-35(62)23(3)58-34(61)24(4)59-37(64)66-21-32-30-18-25(14-16-38(44,45)40(48,49)42(52,53)54)10-12-28(30)29-13-11-26(19-31(29)32)15-17-39(46,47)41(50,51)43(55,56)57/h5-13,18-19,22-24,32-33H,14-17,20-21H2,1-4H3,(H,58,61)(H,59,64)(H,60,62)/t23-,24-,33-/m0/s1. The molecule has 3 N–H and O–H groups in total. The molecule has 0 saturated carbocycles. The number of esters is 1. The number of aryl methyl sites for hydroxylation is 2. The number of halogens is 14. The minimum absolute atomic E-state index is 0.0709. The summed E-state index contributed by atoms with van der Waals surface area (Å²) >= 11 is 0. The molecule has 4 rings (SSSR count). The van der Waals surface area contributed by atoms with Gasteiger partial charge in [0.2, 0.25) is 11.8 Å². The molecule has 0 heterocycles. The molecule has 0 fully saturated rings. The van der Waals surface area contributed by atoms with Crippen LogP contribution in [0.4, 0.5) is 66.3 Å². The minimum Gasteiger partial charge on any atom is -0.459 e. The number of nitrogens with one attached hydrogen (secondary N) is 3. The molecule has 66 heavy (non-hydrogen) atoms. The van der Waals surface area contributed by atoms with Crippen LogP contribution < -0.4 is 16.0 Å². The molecule has 0 radical (unpaired) electrons. The van der Waals surface area contributed by atoms with Gasteiger partial charge in [-0.05, 0) is 71.6 Å².